The van der Waals surface area contributed by atoms with Crippen LogP contribution in [0.4, 0.5) is 0 Å². The van der Waals surface area contributed by atoms with Crippen molar-refractivity contribution in [3.63, 3.8) is 0 Å². The summed E-state index contributed by atoms with van der Waals surface area (Å²) in [6.07, 6.45) is 2.00. The molecule has 0 fully saturated rings. The first-order valence-corrected chi connectivity index (χ1v) is 8.36. The lowest BCUT2D eigenvalue weighted by atomic mass is 10.4. The Hall–Kier alpha value is -1.22. The molecular formula is C12H16N2O4S2. The van der Waals surface area contributed by atoms with Gasteiger partial charge in [-0.1, -0.05) is 0 Å². The molecule has 2 rings (SSSR count). The van der Waals surface area contributed by atoms with Gasteiger partial charge in [-0.05, 0) is 26.0 Å². The molecule has 2 aromatic rings. The van der Waals surface area contributed by atoms with E-state index in [-0.39, 0.29) is 10.8 Å². The number of rotatable bonds is 6. The molecule has 0 spiro atoms. The standard InChI is InChI=1S/C12H16N2O4S2/c1-8-7-13-12(18-8)9(2)14-20(16,17)11-4-3-10(19-11)5-6-15/h3-4,7,9,14-15H,5-6H2,1-2H3. The second-order valence-electron chi connectivity index (χ2n) is 4.35. The van der Waals surface area contributed by atoms with E-state index in [0.29, 0.717) is 18.1 Å². The fourth-order valence-corrected chi connectivity index (χ4v) is 4.22. The molecule has 2 aromatic heterocycles. The highest BCUT2D eigenvalue weighted by Crippen LogP contribution is 2.24. The van der Waals surface area contributed by atoms with Gasteiger partial charge >= 0.3 is 0 Å². The van der Waals surface area contributed by atoms with Crippen LogP contribution in [0.25, 0.3) is 0 Å². The van der Waals surface area contributed by atoms with E-state index in [9.17, 15) is 8.42 Å². The maximum Gasteiger partial charge on any atom is 0.250 e. The summed E-state index contributed by atoms with van der Waals surface area (Å²) in [6.45, 7) is 3.42. The van der Waals surface area contributed by atoms with Crippen LogP contribution in [0.2, 0.25) is 0 Å². The van der Waals surface area contributed by atoms with Crippen LogP contribution in [0.5, 0.6) is 0 Å². The molecule has 2 N–H and O–H groups in total. The van der Waals surface area contributed by atoms with E-state index in [2.05, 4.69) is 9.71 Å². The Bertz CT molecular complexity index is 675. The molecule has 0 radical (unpaired) electrons. The van der Waals surface area contributed by atoms with Crippen molar-refractivity contribution in [1.82, 2.24) is 9.71 Å². The second-order valence-corrected chi connectivity index (χ2v) is 7.46. The minimum Gasteiger partial charge on any atom is -0.444 e. The lowest BCUT2D eigenvalue weighted by molar-refractivity contribution is 0.300. The van der Waals surface area contributed by atoms with Crippen LogP contribution >= 0.6 is 11.3 Å². The summed E-state index contributed by atoms with van der Waals surface area (Å²) in [7, 11) is -3.61. The number of hydrogen-bond acceptors (Lipinski definition) is 6. The molecule has 1 unspecified atom stereocenters. The third-order valence-corrected chi connectivity index (χ3v) is 5.78. The van der Waals surface area contributed by atoms with Crippen molar-refractivity contribution in [2.24, 2.45) is 0 Å². The van der Waals surface area contributed by atoms with Gasteiger partial charge in [0, 0.05) is 17.9 Å². The molecule has 8 heteroatoms. The van der Waals surface area contributed by atoms with Crippen LogP contribution in [0.3, 0.4) is 0 Å². The molecule has 0 aliphatic heterocycles. The molecular weight excluding hydrogens is 300 g/mol. The SMILES string of the molecule is Cc1cnc(C(C)NS(=O)(=O)c2ccc(CCO)s2)o1. The van der Waals surface area contributed by atoms with Crippen LogP contribution in [0, 0.1) is 6.92 Å². The van der Waals surface area contributed by atoms with Gasteiger partial charge in [-0.25, -0.2) is 13.4 Å². The Balaban J connectivity index is 2.13. The van der Waals surface area contributed by atoms with Crippen molar-refractivity contribution in [1.29, 1.82) is 0 Å². The van der Waals surface area contributed by atoms with Gasteiger partial charge < -0.3 is 9.52 Å². The number of nitrogens with one attached hydrogen (secondary N) is 1. The van der Waals surface area contributed by atoms with Crippen molar-refractivity contribution in [3.8, 4) is 0 Å². The van der Waals surface area contributed by atoms with E-state index in [4.69, 9.17) is 9.52 Å². The molecule has 110 valence electrons. The van der Waals surface area contributed by atoms with Gasteiger partial charge in [0.15, 0.2) is 0 Å². The Kier molecular flexibility index (Phi) is 4.59. The average molecular weight is 316 g/mol. The number of aliphatic hydroxyl groups is 1. The van der Waals surface area contributed by atoms with Gasteiger partial charge in [-0.3, -0.25) is 0 Å². The van der Waals surface area contributed by atoms with Gasteiger partial charge in [-0.2, -0.15) is 4.72 Å². The van der Waals surface area contributed by atoms with Crippen molar-refractivity contribution in [3.05, 3.63) is 34.9 Å². The number of nitrogens with zero attached hydrogens (tertiary/aromatic N) is 1. The van der Waals surface area contributed by atoms with Crippen molar-refractivity contribution in [2.75, 3.05) is 6.61 Å². The molecule has 0 bridgehead atoms. The highest BCUT2D eigenvalue weighted by molar-refractivity contribution is 7.91. The predicted molar refractivity (Wildman–Crippen MR) is 75.1 cm³/mol. The monoisotopic (exact) mass is 316 g/mol. The minimum absolute atomic E-state index is 0.000571. The first-order valence-electron chi connectivity index (χ1n) is 6.06. The molecule has 0 aromatic carbocycles. The lowest BCUT2D eigenvalue weighted by Gasteiger charge is -2.09. The zero-order chi connectivity index (χ0) is 14.8. The van der Waals surface area contributed by atoms with Crippen LogP contribution in [-0.2, 0) is 16.4 Å². The van der Waals surface area contributed by atoms with Gasteiger partial charge in [0.25, 0.3) is 10.0 Å². The van der Waals surface area contributed by atoms with Crippen LogP contribution < -0.4 is 4.72 Å². The number of sulfonamides is 1. The highest BCUT2D eigenvalue weighted by Gasteiger charge is 2.22. The Labute approximate surface area is 121 Å². The summed E-state index contributed by atoms with van der Waals surface area (Å²) in [5.41, 5.74) is 0. The smallest absolute Gasteiger partial charge is 0.250 e. The van der Waals surface area contributed by atoms with Gasteiger partial charge in [0.1, 0.15) is 9.97 Å². The third kappa shape index (κ3) is 3.45. The second kappa shape index (κ2) is 6.04. The topological polar surface area (TPSA) is 92.4 Å². The van der Waals surface area contributed by atoms with E-state index < -0.39 is 16.1 Å². The van der Waals surface area contributed by atoms with Crippen LogP contribution in [0.1, 0.15) is 29.5 Å². The molecule has 0 saturated carbocycles. The first kappa shape index (κ1) is 15.2. The largest absolute Gasteiger partial charge is 0.444 e. The molecule has 2 heterocycles. The van der Waals surface area contributed by atoms with Crippen molar-refractivity contribution in [2.45, 2.75) is 30.5 Å². The van der Waals surface area contributed by atoms with E-state index in [1.165, 1.54) is 6.07 Å². The molecule has 0 saturated heterocycles. The molecule has 0 aliphatic rings. The summed E-state index contributed by atoms with van der Waals surface area (Å²) >= 11 is 1.15. The normalized spacial score (nSPS) is 13.6. The Morgan fingerprint density at radius 1 is 1.50 bits per heavy atom. The Morgan fingerprint density at radius 2 is 2.25 bits per heavy atom. The molecule has 6 nitrogen and oxygen atoms in total. The number of hydrogen-bond donors (Lipinski definition) is 2. The Morgan fingerprint density at radius 3 is 2.85 bits per heavy atom. The summed E-state index contributed by atoms with van der Waals surface area (Å²) in [5.74, 6) is 0.964. The summed E-state index contributed by atoms with van der Waals surface area (Å²) in [4.78, 5) is 4.83. The van der Waals surface area contributed by atoms with Gasteiger partial charge in [0.05, 0.1) is 12.2 Å². The number of thiophene rings is 1. The molecule has 20 heavy (non-hydrogen) atoms. The van der Waals surface area contributed by atoms with E-state index in [1.54, 1.807) is 26.1 Å². The fraction of sp³-hybridized carbons (Fsp3) is 0.417. The van der Waals surface area contributed by atoms with E-state index in [0.717, 1.165) is 16.2 Å². The zero-order valence-corrected chi connectivity index (χ0v) is 12.8. The minimum atomic E-state index is -3.61. The van der Waals surface area contributed by atoms with E-state index >= 15 is 0 Å². The third-order valence-electron chi connectivity index (χ3n) is 2.60. The van der Waals surface area contributed by atoms with Crippen molar-refractivity contribution >= 4 is 21.4 Å². The van der Waals surface area contributed by atoms with Gasteiger partial charge in [-0.15, -0.1) is 11.3 Å². The molecule has 0 aliphatic carbocycles. The molecule has 0 amide bonds. The quantitative estimate of drug-likeness (QED) is 0.845. The summed E-state index contributed by atoms with van der Waals surface area (Å²) in [6, 6.07) is 2.69. The van der Waals surface area contributed by atoms with Crippen LogP contribution in [0.15, 0.2) is 27.0 Å². The maximum atomic E-state index is 12.2. The summed E-state index contributed by atoms with van der Waals surface area (Å²) < 4.78 is 32.5. The first-order chi connectivity index (χ1) is 9.42. The predicted octanol–water partition coefficient (Wildman–Crippen LogP) is 1.62. The molecule has 1 atom stereocenters. The zero-order valence-electron chi connectivity index (χ0n) is 11.2. The average Bonchev–Trinajstić information content (AvgIpc) is 2.98. The van der Waals surface area contributed by atoms with Crippen LogP contribution in [-0.4, -0.2) is 25.1 Å². The van der Waals surface area contributed by atoms with Crippen molar-refractivity contribution < 1.29 is 17.9 Å². The van der Waals surface area contributed by atoms with Gasteiger partial charge in [0.2, 0.25) is 5.89 Å². The van der Waals surface area contributed by atoms with E-state index in [1.807, 2.05) is 0 Å². The summed E-state index contributed by atoms with van der Waals surface area (Å²) in [5, 5.41) is 8.85. The number of oxazole rings is 1. The fourth-order valence-electron chi connectivity index (χ4n) is 1.66. The number of aryl methyl sites for hydroxylation is 1. The number of aromatic nitrogens is 1. The number of aliphatic hydroxyl groups excluding tert-OH is 1. The lowest BCUT2D eigenvalue weighted by Crippen LogP contribution is -2.26. The maximum absolute atomic E-state index is 12.2. The highest BCUT2D eigenvalue weighted by atomic mass is 32.2.